The van der Waals surface area contributed by atoms with E-state index < -0.39 is 20.9 Å². The van der Waals surface area contributed by atoms with Crippen LogP contribution in [0.1, 0.15) is 41.5 Å². The number of sulfone groups is 1. The van der Waals surface area contributed by atoms with Crippen LogP contribution in [-0.4, -0.2) is 48.8 Å². The van der Waals surface area contributed by atoms with Gasteiger partial charge in [-0.05, 0) is 62.4 Å². The zero-order valence-corrected chi connectivity index (χ0v) is 13.6. The quantitative estimate of drug-likeness (QED) is 0.759. The fourth-order valence-electron chi connectivity index (χ4n) is 1.62. The number of rotatable bonds is 2. The van der Waals surface area contributed by atoms with E-state index in [2.05, 4.69) is 31.1 Å². The highest BCUT2D eigenvalue weighted by Crippen LogP contribution is 2.24. The molecule has 0 aliphatic rings. The van der Waals surface area contributed by atoms with Crippen LogP contribution in [0.4, 0.5) is 0 Å². The molecule has 0 amide bonds. The number of hydrogen-bond donors (Lipinski definition) is 0. The second-order valence-corrected chi connectivity index (χ2v) is 8.33. The molecule has 2 aromatic heterocycles. The molecule has 0 aliphatic carbocycles. The predicted octanol–water partition coefficient (Wildman–Crippen LogP) is 0.00240. The Labute approximate surface area is 122 Å². The average molecular weight is 314 g/mol. The second kappa shape index (κ2) is 4.55. The molecule has 0 saturated heterocycles. The van der Waals surface area contributed by atoms with Gasteiger partial charge >= 0.3 is 0 Å². The maximum Gasteiger partial charge on any atom is 0.280 e. The lowest BCUT2D eigenvalue weighted by atomic mass is 10.1. The molecule has 0 unspecified atom stereocenters. The molecule has 0 N–H and O–H groups in total. The van der Waals surface area contributed by atoms with Gasteiger partial charge in [-0.15, -0.1) is 0 Å². The van der Waals surface area contributed by atoms with Crippen LogP contribution in [0.5, 0.6) is 0 Å². The fourth-order valence-corrected chi connectivity index (χ4v) is 3.14. The summed E-state index contributed by atoms with van der Waals surface area (Å²) in [6.07, 6.45) is 0. The van der Waals surface area contributed by atoms with Gasteiger partial charge in [0.25, 0.3) is 20.2 Å². The third-order valence-corrected chi connectivity index (χ3v) is 4.10. The van der Waals surface area contributed by atoms with Crippen molar-refractivity contribution in [3.8, 4) is 0 Å². The molecule has 116 valence electrons. The normalized spacial score (nSPS) is 13.6. The molecule has 0 atom stereocenters. The van der Waals surface area contributed by atoms with Crippen molar-refractivity contribution in [1.82, 2.24) is 40.4 Å². The van der Waals surface area contributed by atoms with Gasteiger partial charge in [-0.3, -0.25) is 0 Å². The summed E-state index contributed by atoms with van der Waals surface area (Å²) in [6.45, 7) is 10.8. The lowest BCUT2D eigenvalue weighted by Crippen LogP contribution is -2.31. The summed E-state index contributed by atoms with van der Waals surface area (Å²) in [5.41, 5.74) is -1.18. The van der Waals surface area contributed by atoms with Crippen LogP contribution in [-0.2, 0) is 20.9 Å². The van der Waals surface area contributed by atoms with Gasteiger partial charge in [-0.2, -0.15) is 0 Å². The van der Waals surface area contributed by atoms with Crippen LogP contribution < -0.4 is 0 Å². The van der Waals surface area contributed by atoms with Crippen LogP contribution in [0.15, 0.2) is 10.3 Å². The van der Waals surface area contributed by atoms with Gasteiger partial charge in [-0.25, -0.2) is 17.8 Å². The third-order valence-electron chi connectivity index (χ3n) is 2.63. The molecule has 0 aliphatic heterocycles. The van der Waals surface area contributed by atoms with E-state index in [1.807, 2.05) is 0 Å². The van der Waals surface area contributed by atoms with E-state index in [1.54, 1.807) is 41.5 Å². The van der Waals surface area contributed by atoms with E-state index in [0.29, 0.717) is 0 Å². The summed E-state index contributed by atoms with van der Waals surface area (Å²) in [6, 6.07) is 0. The van der Waals surface area contributed by atoms with Crippen LogP contribution in [0, 0.1) is 0 Å². The van der Waals surface area contributed by atoms with Crippen molar-refractivity contribution >= 4 is 9.84 Å². The minimum atomic E-state index is -4.03. The number of hydrogen-bond acceptors (Lipinski definition) is 8. The molecule has 10 nitrogen and oxygen atoms in total. The van der Waals surface area contributed by atoms with Crippen molar-refractivity contribution in [3.05, 3.63) is 0 Å². The van der Waals surface area contributed by atoms with Crippen molar-refractivity contribution in [1.29, 1.82) is 0 Å². The van der Waals surface area contributed by atoms with Crippen LogP contribution >= 0.6 is 0 Å². The van der Waals surface area contributed by atoms with Crippen molar-refractivity contribution in [2.24, 2.45) is 0 Å². The first-order valence-electron chi connectivity index (χ1n) is 6.28. The molecule has 0 bridgehead atoms. The van der Waals surface area contributed by atoms with Crippen molar-refractivity contribution < 1.29 is 8.42 Å². The first-order valence-corrected chi connectivity index (χ1v) is 7.77. The Hall–Kier alpha value is -1.91. The molecule has 0 radical (unpaired) electrons. The number of aromatic nitrogens is 8. The monoisotopic (exact) mass is 314 g/mol. The standard InChI is InChI=1S/C10H18N8O2S/c1-9(2,3)17-7(11-13-15-17)21(19,20)8-12-14-16-18(8)10(4,5)6/h1-6H3. The lowest BCUT2D eigenvalue weighted by Gasteiger charge is -2.21. The summed E-state index contributed by atoms with van der Waals surface area (Å²) in [4.78, 5) is 0. The van der Waals surface area contributed by atoms with Gasteiger partial charge in [0.05, 0.1) is 11.1 Å². The number of nitrogens with zero attached hydrogens (tertiary/aromatic N) is 8. The topological polar surface area (TPSA) is 121 Å². The van der Waals surface area contributed by atoms with Gasteiger partial charge in [0, 0.05) is 0 Å². The molecular formula is C10H18N8O2S. The van der Waals surface area contributed by atoms with Crippen molar-refractivity contribution in [2.75, 3.05) is 0 Å². The molecule has 2 rings (SSSR count). The van der Waals surface area contributed by atoms with Gasteiger partial charge < -0.3 is 0 Å². The van der Waals surface area contributed by atoms with Crippen molar-refractivity contribution in [2.45, 2.75) is 62.9 Å². The van der Waals surface area contributed by atoms with E-state index in [4.69, 9.17) is 0 Å². The van der Waals surface area contributed by atoms with Crippen LogP contribution in [0.3, 0.4) is 0 Å². The zero-order chi connectivity index (χ0) is 16.1. The van der Waals surface area contributed by atoms with Gasteiger partial charge in [0.1, 0.15) is 0 Å². The molecule has 0 aromatic carbocycles. The Balaban J connectivity index is 2.66. The Kier molecular flexibility index (Phi) is 3.35. The zero-order valence-electron chi connectivity index (χ0n) is 12.8. The minimum absolute atomic E-state index is 0.282. The molecule has 2 aromatic rings. The van der Waals surface area contributed by atoms with Crippen molar-refractivity contribution in [3.63, 3.8) is 0 Å². The summed E-state index contributed by atoms with van der Waals surface area (Å²) >= 11 is 0. The molecule has 11 heteroatoms. The maximum atomic E-state index is 12.8. The van der Waals surface area contributed by atoms with E-state index in [1.165, 1.54) is 9.36 Å². The highest BCUT2D eigenvalue weighted by Gasteiger charge is 2.36. The van der Waals surface area contributed by atoms with E-state index in [-0.39, 0.29) is 10.3 Å². The molecule has 0 spiro atoms. The molecule has 2 heterocycles. The Morgan fingerprint density at radius 3 is 1.38 bits per heavy atom. The summed E-state index contributed by atoms with van der Waals surface area (Å²) < 4.78 is 28.0. The average Bonchev–Trinajstić information content (AvgIpc) is 2.97. The largest absolute Gasteiger partial charge is 0.280 e. The van der Waals surface area contributed by atoms with E-state index in [0.717, 1.165) is 0 Å². The number of tetrazole rings is 2. The Morgan fingerprint density at radius 1 is 0.762 bits per heavy atom. The van der Waals surface area contributed by atoms with Crippen LogP contribution in [0.2, 0.25) is 0 Å². The highest BCUT2D eigenvalue weighted by molar-refractivity contribution is 7.91. The Morgan fingerprint density at radius 2 is 1.10 bits per heavy atom. The van der Waals surface area contributed by atoms with E-state index in [9.17, 15) is 8.42 Å². The molecular weight excluding hydrogens is 296 g/mol. The fraction of sp³-hybridized carbons (Fsp3) is 0.800. The summed E-state index contributed by atoms with van der Waals surface area (Å²) in [7, 11) is -4.03. The Bertz CT molecular complexity index is 688. The first-order chi connectivity index (χ1) is 9.45. The van der Waals surface area contributed by atoms with Gasteiger partial charge in [0.2, 0.25) is 0 Å². The van der Waals surface area contributed by atoms with Gasteiger partial charge in [-0.1, -0.05) is 10.2 Å². The van der Waals surface area contributed by atoms with Crippen LogP contribution in [0.25, 0.3) is 0 Å². The lowest BCUT2D eigenvalue weighted by molar-refractivity contribution is 0.307. The SMILES string of the molecule is CC(C)(C)n1nnnc1S(=O)(=O)c1nnnn1C(C)(C)C. The maximum absolute atomic E-state index is 12.8. The smallest absolute Gasteiger partial charge is 0.212 e. The van der Waals surface area contributed by atoms with Gasteiger partial charge in [0.15, 0.2) is 0 Å². The molecule has 21 heavy (non-hydrogen) atoms. The third kappa shape index (κ3) is 2.64. The summed E-state index contributed by atoms with van der Waals surface area (Å²) in [5.74, 6) is 0. The van der Waals surface area contributed by atoms with E-state index >= 15 is 0 Å². The second-order valence-electron chi connectivity index (χ2n) is 6.59. The summed E-state index contributed by atoms with van der Waals surface area (Å²) in [5, 5.41) is 21.1. The first kappa shape index (κ1) is 15.5. The highest BCUT2D eigenvalue weighted by atomic mass is 32.2. The molecule has 0 fully saturated rings. The molecule has 0 saturated carbocycles. The minimum Gasteiger partial charge on any atom is -0.212 e. The predicted molar refractivity (Wildman–Crippen MR) is 71.1 cm³/mol.